The van der Waals surface area contributed by atoms with Crippen molar-refractivity contribution in [1.29, 1.82) is 0 Å². The molecule has 1 atom stereocenters. The van der Waals surface area contributed by atoms with Crippen LogP contribution in [-0.2, 0) is 10.0 Å². The van der Waals surface area contributed by atoms with Crippen LogP contribution in [0.2, 0.25) is 0 Å². The first-order chi connectivity index (χ1) is 9.70. The molecule has 0 aliphatic carbocycles. The zero-order valence-corrected chi connectivity index (χ0v) is 14.3. The van der Waals surface area contributed by atoms with Gasteiger partial charge in [0.15, 0.2) is 0 Å². The zero-order chi connectivity index (χ0) is 16.2. The molecule has 0 fully saturated rings. The summed E-state index contributed by atoms with van der Waals surface area (Å²) in [5, 5.41) is 10.6. The number of likely N-dealkylation sites (N-methyl/N-ethyl adjacent to an activating group) is 1. The number of rotatable bonds is 8. The molecule has 0 aliphatic rings. The molecule has 1 heterocycles. The van der Waals surface area contributed by atoms with Gasteiger partial charge in [0.1, 0.15) is 9.77 Å². The van der Waals surface area contributed by atoms with E-state index in [2.05, 4.69) is 23.5 Å². The van der Waals surface area contributed by atoms with Gasteiger partial charge in [0.2, 0.25) is 10.0 Å². The largest absolute Gasteiger partial charge is 0.477 e. The van der Waals surface area contributed by atoms with Crippen molar-refractivity contribution in [3.05, 3.63) is 15.8 Å². The van der Waals surface area contributed by atoms with Crippen molar-refractivity contribution in [3.63, 3.8) is 0 Å². The minimum atomic E-state index is -3.80. The van der Waals surface area contributed by atoms with Crippen LogP contribution < -0.4 is 4.72 Å². The molecule has 0 amide bonds. The second-order valence-corrected chi connectivity index (χ2v) is 7.60. The van der Waals surface area contributed by atoms with Crippen LogP contribution in [-0.4, -0.2) is 50.6 Å². The Morgan fingerprint density at radius 2 is 2.14 bits per heavy atom. The topological polar surface area (TPSA) is 86.7 Å². The Kier molecular flexibility index (Phi) is 6.33. The smallest absolute Gasteiger partial charge is 0.347 e. The van der Waals surface area contributed by atoms with E-state index in [0.29, 0.717) is 18.2 Å². The predicted molar refractivity (Wildman–Crippen MR) is 83.6 cm³/mol. The van der Waals surface area contributed by atoms with Crippen LogP contribution in [0.4, 0.5) is 0 Å². The molecule has 6 nitrogen and oxygen atoms in total. The van der Waals surface area contributed by atoms with Crippen molar-refractivity contribution < 1.29 is 18.3 Å². The summed E-state index contributed by atoms with van der Waals surface area (Å²) >= 11 is 0.930. The third-order valence-corrected chi connectivity index (χ3v) is 6.34. The van der Waals surface area contributed by atoms with Gasteiger partial charge in [-0.2, -0.15) is 0 Å². The Morgan fingerprint density at radius 1 is 1.52 bits per heavy atom. The molecule has 0 radical (unpaired) electrons. The first kappa shape index (κ1) is 18.1. The summed E-state index contributed by atoms with van der Waals surface area (Å²) in [4.78, 5) is 12.9. The van der Waals surface area contributed by atoms with Crippen molar-refractivity contribution >= 4 is 27.3 Å². The van der Waals surface area contributed by atoms with E-state index in [4.69, 9.17) is 5.11 Å². The second-order valence-electron chi connectivity index (χ2n) is 5.02. The van der Waals surface area contributed by atoms with Crippen LogP contribution in [0.25, 0.3) is 0 Å². The van der Waals surface area contributed by atoms with Gasteiger partial charge in [-0.1, -0.05) is 6.92 Å². The normalized spacial score (nSPS) is 13.6. The van der Waals surface area contributed by atoms with Crippen molar-refractivity contribution in [2.75, 3.05) is 20.1 Å². The van der Waals surface area contributed by atoms with Crippen LogP contribution in [0.5, 0.6) is 0 Å². The quantitative estimate of drug-likeness (QED) is 0.756. The van der Waals surface area contributed by atoms with Crippen molar-refractivity contribution in [1.82, 2.24) is 9.62 Å². The lowest BCUT2D eigenvalue weighted by molar-refractivity contribution is 0.0698. The number of thiophene rings is 1. The van der Waals surface area contributed by atoms with E-state index < -0.39 is 16.0 Å². The van der Waals surface area contributed by atoms with E-state index in [1.165, 1.54) is 0 Å². The van der Waals surface area contributed by atoms with Crippen molar-refractivity contribution in [3.8, 4) is 0 Å². The lowest BCUT2D eigenvalue weighted by Crippen LogP contribution is -2.37. The predicted octanol–water partition coefficient (Wildman–Crippen LogP) is 1.76. The highest BCUT2D eigenvalue weighted by molar-refractivity contribution is 7.89. The van der Waals surface area contributed by atoms with Crippen LogP contribution in [0.1, 0.15) is 35.5 Å². The van der Waals surface area contributed by atoms with E-state index in [0.717, 1.165) is 17.8 Å². The number of carboxylic acids is 1. The van der Waals surface area contributed by atoms with Gasteiger partial charge in [-0.25, -0.2) is 17.9 Å². The standard InChI is InChI=1S/C13H22N2O4S2/c1-5-10(3)15(4)7-6-14-21(18,19)12-9(2)8-20-11(12)13(16)17/h8,10,14H,5-7H2,1-4H3,(H,16,17). The molecule has 1 unspecified atom stereocenters. The highest BCUT2D eigenvalue weighted by Crippen LogP contribution is 2.26. The molecular formula is C13H22N2O4S2. The number of hydrogen-bond donors (Lipinski definition) is 2. The van der Waals surface area contributed by atoms with Gasteiger partial charge >= 0.3 is 5.97 Å². The molecule has 0 aliphatic heterocycles. The van der Waals surface area contributed by atoms with Crippen LogP contribution in [0.15, 0.2) is 10.3 Å². The van der Waals surface area contributed by atoms with Crippen molar-refractivity contribution in [2.24, 2.45) is 0 Å². The van der Waals surface area contributed by atoms with E-state index in [9.17, 15) is 13.2 Å². The van der Waals surface area contributed by atoms with Crippen molar-refractivity contribution in [2.45, 2.75) is 38.1 Å². The molecule has 0 bridgehead atoms. The molecule has 2 N–H and O–H groups in total. The number of nitrogens with one attached hydrogen (secondary N) is 1. The fourth-order valence-corrected chi connectivity index (χ4v) is 4.52. The molecule has 1 rings (SSSR count). The first-order valence-electron chi connectivity index (χ1n) is 6.72. The molecule has 1 aromatic heterocycles. The summed E-state index contributed by atoms with van der Waals surface area (Å²) in [6, 6.07) is 0.368. The van der Waals surface area contributed by atoms with Gasteiger partial charge in [-0.05, 0) is 38.3 Å². The average molecular weight is 334 g/mol. The molecule has 1 aromatic rings. The monoisotopic (exact) mass is 334 g/mol. The molecule has 0 spiro atoms. The molecule has 0 saturated carbocycles. The third-order valence-electron chi connectivity index (χ3n) is 3.48. The summed E-state index contributed by atoms with van der Waals surface area (Å²) in [5.41, 5.74) is 0.459. The first-order valence-corrected chi connectivity index (χ1v) is 9.08. The van der Waals surface area contributed by atoms with Crippen LogP contribution in [0.3, 0.4) is 0 Å². The Balaban J connectivity index is 2.79. The summed E-state index contributed by atoms with van der Waals surface area (Å²) in [7, 11) is -1.87. The van der Waals surface area contributed by atoms with E-state index >= 15 is 0 Å². The minimum Gasteiger partial charge on any atom is -0.477 e. The molecule has 0 aromatic carbocycles. The summed E-state index contributed by atoms with van der Waals surface area (Å²) in [6.07, 6.45) is 0.982. The Labute approximate surface area is 129 Å². The maximum Gasteiger partial charge on any atom is 0.347 e. The average Bonchev–Trinajstić information content (AvgIpc) is 2.80. The Hall–Kier alpha value is -0.960. The molecule has 120 valence electrons. The lowest BCUT2D eigenvalue weighted by atomic mass is 10.2. The SMILES string of the molecule is CCC(C)N(C)CCNS(=O)(=O)c1c(C)csc1C(=O)O. The number of nitrogens with zero attached hydrogens (tertiary/aromatic N) is 1. The molecule has 8 heteroatoms. The van der Waals surface area contributed by atoms with Crippen LogP contribution in [0, 0.1) is 6.92 Å². The van der Waals surface area contributed by atoms with Gasteiger partial charge in [0.25, 0.3) is 0 Å². The Morgan fingerprint density at radius 3 is 2.67 bits per heavy atom. The number of sulfonamides is 1. The van der Waals surface area contributed by atoms with Gasteiger partial charge in [0.05, 0.1) is 0 Å². The number of carbonyl (C=O) groups is 1. The molecular weight excluding hydrogens is 312 g/mol. The number of hydrogen-bond acceptors (Lipinski definition) is 5. The molecule has 21 heavy (non-hydrogen) atoms. The number of aromatic carboxylic acids is 1. The van der Waals surface area contributed by atoms with E-state index in [1.54, 1.807) is 12.3 Å². The summed E-state index contributed by atoms with van der Waals surface area (Å²) in [5.74, 6) is -1.22. The van der Waals surface area contributed by atoms with E-state index in [-0.39, 0.29) is 16.3 Å². The highest BCUT2D eigenvalue weighted by atomic mass is 32.2. The zero-order valence-electron chi connectivity index (χ0n) is 12.7. The number of carboxylic acid groups (broad SMARTS) is 1. The lowest BCUT2D eigenvalue weighted by Gasteiger charge is -2.23. The maximum atomic E-state index is 12.3. The second kappa shape index (κ2) is 7.35. The van der Waals surface area contributed by atoms with Gasteiger partial charge in [-0.15, -0.1) is 11.3 Å². The van der Waals surface area contributed by atoms with Gasteiger partial charge in [0, 0.05) is 19.1 Å². The fraction of sp³-hybridized carbons (Fsp3) is 0.615. The number of aryl methyl sites for hydroxylation is 1. The van der Waals surface area contributed by atoms with E-state index in [1.807, 2.05) is 7.05 Å². The van der Waals surface area contributed by atoms with Gasteiger partial charge < -0.3 is 10.0 Å². The minimum absolute atomic E-state index is 0.119. The van der Waals surface area contributed by atoms with Crippen LogP contribution >= 0.6 is 11.3 Å². The Bertz CT molecular complexity index is 595. The maximum absolute atomic E-state index is 12.3. The summed E-state index contributed by atoms with van der Waals surface area (Å²) < 4.78 is 27.0. The van der Waals surface area contributed by atoms with Gasteiger partial charge in [-0.3, -0.25) is 0 Å². The molecule has 0 saturated heterocycles. The fourth-order valence-electron chi connectivity index (χ4n) is 1.88. The third kappa shape index (κ3) is 4.50. The highest BCUT2D eigenvalue weighted by Gasteiger charge is 2.26. The summed E-state index contributed by atoms with van der Waals surface area (Å²) in [6.45, 7) is 6.55.